The number of phenolic OH excluding ortho intramolecular Hbond substituents is 1. The van der Waals surface area contributed by atoms with E-state index in [2.05, 4.69) is 9.78 Å². The number of phenols is 1. The van der Waals surface area contributed by atoms with E-state index < -0.39 is 5.97 Å². The van der Waals surface area contributed by atoms with Crippen LogP contribution < -0.4 is 0 Å². The molecule has 0 saturated carbocycles. The molecule has 0 amide bonds. The summed E-state index contributed by atoms with van der Waals surface area (Å²) in [6, 6.07) is 4.91. The van der Waals surface area contributed by atoms with E-state index in [0.717, 1.165) is 18.4 Å². The number of hydrogen-bond donors (Lipinski definition) is 1. The third-order valence-corrected chi connectivity index (χ3v) is 2.07. The third-order valence-electron chi connectivity index (χ3n) is 2.07. The zero-order valence-corrected chi connectivity index (χ0v) is 9.53. The number of hydrogen-bond acceptors (Lipinski definition) is 4. The minimum atomic E-state index is -0.669. The Balaban J connectivity index is 2.84. The molecule has 0 bridgehead atoms. The SMILES string of the molecule is CCCc1ccc(O)c(C(=O)OOCC)c1. The molecule has 0 spiro atoms. The summed E-state index contributed by atoms with van der Waals surface area (Å²) in [5.74, 6) is -0.762. The maximum atomic E-state index is 11.5. The summed E-state index contributed by atoms with van der Waals surface area (Å²) < 4.78 is 0. The van der Waals surface area contributed by atoms with Crippen molar-refractivity contribution in [3.05, 3.63) is 29.3 Å². The minimum absolute atomic E-state index is 0.0930. The zero-order valence-electron chi connectivity index (χ0n) is 9.53. The van der Waals surface area contributed by atoms with Crippen LogP contribution >= 0.6 is 0 Å². The van der Waals surface area contributed by atoms with Crippen LogP contribution in [0.4, 0.5) is 0 Å². The maximum Gasteiger partial charge on any atom is 0.376 e. The van der Waals surface area contributed by atoms with Crippen LogP contribution in [0.5, 0.6) is 5.75 Å². The Bertz CT molecular complexity index is 360. The Morgan fingerprint density at radius 2 is 2.12 bits per heavy atom. The van der Waals surface area contributed by atoms with E-state index in [1.807, 2.05) is 6.92 Å². The Labute approximate surface area is 94.7 Å². The highest BCUT2D eigenvalue weighted by molar-refractivity contribution is 5.92. The second-order valence-corrected chi connectivity index (χ2v) is 3.38. The molecule has 0 aromatic heterocycles. The highest BCUT2D eigenvalue weighted by Gasteiger charge is 2.14. The van der Waals surface area contributed by atoms with Crippen LogP contribution in [0.2, 0.25) is 0 Å². The van der Waals surface area contributed by atoms with Crippen LogP contribution in [-0.2, 0) is 16.2 Å². The minimum Gasteiger partial charge on any atom is -0.507 e. The van der Waals surface area contributed by atoms with Gasteiger partial charge in [-0.25, -0.2) is 4.79 Å². The molecule has 1 rings (SSSR count). The van der Waals surface area contributed by atoms with Crippen LogP contribution in [0.25, 0.3) is 0 Å². The molecular weight excluding hydrogens is 208 g/mol. The molecule has 0 aliphatic heterocycles. The van der Waals surface area contributed by atoms with E-state index in [1.54, 1.807) is 19.1 Å². The summed E-state index contributed by atoms with van der Waals surface area (Å²) in [6.07, 6.45) is 1.83. The fraction of sp³-hybridized carbons (Fsp3) is 0.417. The zero-order chi connectivity index (χ0) is 12.0. The molecule has 0 fully saturated rings. The average Bonchev–Trinajstić information content (AvgIpc) is 2.29. The van der Waals surface area contributed by atoms with Gasteiger partial charge < -0.3 is 5.11 Å². The van der Waals surface area contributed by atoms with Crippen molar-refractivity contribution in [1.29, 1.82) is 0 Å². The van der Waals surface area contributed by atoms with Gasteiger partial charge in [0.15, 0.2) is 0 Å². The number of aromatic hydroxyl groups is 1. The number of carbonyl (C=O) groups excluding carboxylic acids is 1. The summed E-state index contributed by atoms with van der Waals surface area (Å²) in [5, 5.41) is 9.52. The predicted octanol–water partition coefficient (Wildman–Crippen LogP) is 2.45. The van der Waals surface area contributed by atoms with Crippen molar-refractivity contribution in [2.45, 2.75) is 26.7 Å². The number of aryl methyl sites for hydroxylation is 1. The van der Waals surface area contributed by atoms with Crippen molar-refractivity contribution < 1.29 is 19.7 Å². The van der Waals surface area contributed by atoms with Gasteiger partial charge in [0.25, 0.3) is 0 Å². The van der Waals surface area contributed by atoms with Gasteiger partial charge >= 0.3 is 5.97 Å². The average molecular weight is 224 g/mol. The smallest absolute Gasteiger partial charge is 0.376 e. The molecule has 0 aliphatic rings. The van der Waals surface area contributed by atoms with Gasteiger partial charge in [0.2, 0.25) is 0 Å². The Hall–Kier alpha value is -1.55. The van der Waals surface area contributed by atoms with Crippen LogP contribution in [0.15, 0.2) is 18.2 Å². The second-order valence-electron chi connectivity index (χ2n) is 3.38. The highest BCUT2D eigenvalue weighted by atomic mass is 17.2. The topological polar surface area (TPSA) is 55.8 Å². The van der Waals surface area contributed by atoms with Crippen LogP contribution in [0.3, 0.4) is 0 Å². The number of benzene rings is 1. The van der Waals surface area contributed by atoms with E-state index in [1.165, 1.54) is 6.07 Å². The Morgan fingerprint density at radius 3 is 2.75 bits per heavy atom. The molecule has 4 heteroatoms. The van der Waals surface area contributed by atoms with Crippen molar-refractivity contribution in [3.63, 3.8) is 0 Å². The van der Waals surface area contributed by atoms with Gasteiger partial charge in [-0.1, -0.05) is 19.4 Å². The van der Waals surface area contributed by atoms with E-state index in [0.29, 0.717) is 0 Å². The van der Waals surface area contributed by atoms with E-state index in [-0.39, 0.29) is 17.9 Å². The molecule has 0 radical (unpaired) electrons. The molecule has 1 aromatic rings. The number of carbonyl (C=O) groups is 1. The van der Waals surface area contributed by atoms with Gasteiger partial charge in [-0.15, -0.1) is 0 Å². The van der Waals surface area contributed by atoms with Crippen molar-refractivity contribution in [2.24, 2.45) is 0 Å². The molecule has 0 aliphatic carbocycles. The first-order chi connectivity index (χ1) is 7.69. The first kappa shape index (κ1) is 12.5. The monoisotopic (exact) mass is 224 g/mol. The Morgan fingerprint density at radius 1 is 1.38 bits per heavy atom. The predicted molar refractivity (Wildman–Crippen MR) is 59.1 cm³/mol. The van der Waals surface area contributed by atoms with Gasteiger partial charge in [-0.3, -0.25) is 4.89 Å². The molecule has 0 atom stereocenters. The second kappa shape index (κ2) is 6.12. The van der Waals surface area contributed by atoms with Crippen molar-refractivity contribution in [3.8, 4) is 5.75 Å². The van der Waals surface area contributed by atoms with Crippen LogP contribution in [0.1, 0.15) is 36.2 Å². The fourth-order valence-electron chi connectivity index (χ4n) is 1.35. The van der Waals surface area contributed by atoms with E-state index >= 15 is 0 Å². The molecule has 0 saturated heterocycles. The van der Waals surface area contributed by atoms with Crippen molar-refractivity contribution in [2.75, 3.05) is 6.61 Å². The van der Waals surface area contributed by atoms with Crippen LogP contribution in [0, 0.1) is 0 Å². The normalized spacial score (nSPS) is 10.1. The number of rotatable bonds is 5. The lowest BCUT2D eigenvalue weighted by molar-refractivity contribution is -0.237. The highest BCUT2D eigenvalue weighted by Crippen LogP contribution is 2.20. The molecule has 1 N–H and O–H groups in total. The lowest BCUT2D eigenvalue weighted by Crippen LogP contribution is -2.06. The molecule has 0 heterocycles. The molecule has 88 valence electrons. The standard InChI is InChI=1S/C12H16O4/c1-3-5-9-6-7-11(13)10(8-9)12(14)16-15-4-2/h6-8,13H,3-5H2,1-2H3. The molecular formula is C12H16O4. The first-order valence-electron chi connectivity index (χ1n) is 5.34. The van der Waals surface area contributed by atoms with Gasteiger partial charge in [0.05, 0.1) is 6.61 Å². The summed E-state index contributed by atoms with van der Waals surface area (Å²) >= 11 is 0. The third kappa shape index (κ3) is 3.24. The summed E-state index contributed by atoms with van der Waals surface area (Å²) in [7, 11) is 0. The summed E-state index contributed by atoms with van der Waals surface area (Å²) in [6.45, 7) is 4.03. The van der Waals surface area contributed by atoms with Gasteiger partial charge in [0, 0.05) is 0 Å². The summed E-state index contributed by atoms with van der Waals surface area (Å²) in [5.41, 5.74) is 1.13. The van der Waals surface area contributed by atoms with E-state index in [4.69, 9.17) is 0 Å². The van der Waals surface area contributed by atoms with E-state index in [9.17, 15) is 9.90 Å². The fourth-order valence-corrected chi connectivity index (χ4v) is 1.35. The molecule has 1 aromatic carbocycles. The molecule has 16 heavy (non-hydrogen) atoms. The van der Waals surface area contributed by atoms with Gasteiger partial charge in [-0.05, 0) is 31.0 Å². The van der Waals surface area contributed by atoms with Crippen molar-refractivity contribution in [1.82, 2.24) is 0 Å². The largest absolute Gasteiger partial charge is 0.507 e. The van der Waals surface area contributed by atoms with Crippen molar-refractivity contribution >= 4 is 5.97 Å². The quantitative estimate of drug-likeness (QED) is 0.616. The summed E-state index contributed by atoms with van der Waals surface area (Å²) in [4.78, 5) is 20.5. The van der Waals surface area contributed by atoms with Gasteiger partial charge in [0.1, 0.15) is 11.3 Å². The Kier molecular flexibility index (Phi) is 4.79. The lowest BCUT2D eigenvalue weighted by atomic mass is 10.1. The van der Waals surface area contributed by atoms with Crippen LogP contribution in [-0.4, -0.2) is 17.7 Å². The lowest BCUT2D eigenvalue weighted by Gasteiger charge is -2.06. The van der Waals surface area contributed by atoms with Gasteiger partial charge in [-0.2, -0.15) is 4.89 Å². The molecule has 4 nitrogen and oxygen atoms in total. The first-order valence-corrected chi connectivity index (χ1v) is 5.34. The molecule has 0 unspecified atom stereocenters. The maximum absolute atomic E-state index is 11.5.